The van der Waals surface area contributed by atoms with Crippen LogP contribution in [0.25, 0.3) is 11.0 Å². The van der Waals surface area contributed by atoms with E-state index < -0.39 is 0 Å². The summed E-state index contributed by atoms with van der Waals surface area (Å²) in [7, 11) is 0. The van der Waals surface area contributed by atoms with Crippen LogP contribution in [0.15, 0.2) is 16.7 Å². The smallest absolute Gasteiger partial charge is 0.137 e. The molecule has 1 N–H and O–H groups in total. The van der Waals surface area contributed by atoms with Gasteiger partial charge in [-0.2, -0.15) is 0 Å². The zero-order chi connectivity index (χ0) is 11.7. The van der Waals surface area contributed by atoms with E-state index in [0.717, 1.165) is 18.7 Å². The summed E-state index contributed by atoms with van der Waals surface area (Å²) in [5.41, 5.74) is 6.17. The SMILES string of the molecule is CCNCc1coc2c(C)c(C)cc(C)c12. The highest BCUT2D eigenvalue weighted by Gasteiger charge is 2.11. The standard InChI is InChI=1S/C14H19NO/c1-5-15-7-12-8-16-14-11(4)9(2)6-10(3)13(12)14/h6,8,15H,5,7H2,1-4H3. The molecule has 0 saturated heterocycles. The minimum Gasteiger partial charge on any atom is -0.464 e. The van der Waals surface area contributed by atoms with Crippen LogP contribution in [0.1, 0.15) is 29.2 Å². The van der Waals surface area contributed by atoms with Crippen LogP contribution in [0.2, 0.25) is 0 Å². The van der Waals surface area contributed by atoms with Crippen molar-refractivity contribution in [1.29, 1.82) is 0 Å². The molecule has 0 spiro atoms. The second kappa shape index (κ2) is 4.30. The number of benzene rings is 1. The summed E-state index contributed by atoms with van der Waals surface area (Å²) >= 11 is 0. The maximum Gasteiger partial charge on any atom is 0.137 e. The van der Waals surface area contributed by atoms with Gasteiger partial charge in [0.15, 0.2) is 0 Å². The fraction of sp³-hybridized carbons (Fsp3) is 0.429. The second-order valence-electron chi connectivity index (χ2n) is 4.38. The van der Waals surface area contributed by atoms with Gasteiger partial charge in [0.25, 0.3) is 0 Å². The summed E-state index contributed by atoms with van der Waals surface area (Å²) < 4.78 is 5.70. The Bertz CT molecular complexity index is 511. The van der Waals surface area contributed by atoms with Crippen molar-refractivity contribution in [2.24, 2.45) is 0 Å². The Kier molecular flexibility index (Phi) is 3.01. The van der Waals surface area contributed by atoms with Crippen molar-refractivity contribution in [3.8, 4) is 0 Å². The van der Waals surface area contributed by atoms with Gasteiger partial charge >= 0.3 is 0 Å². The topological polar surface area (TPSA) is 25.2 Å². The second-order valence-corrected chi connectivity index (χ2v) is 4.38. The van der Waals surface area contributed by atoms with Crippen LogP contribution in [0.3, 0.4) is 0 Å². The van der Waals surface area contributed by atoms with Crippen LogP contribution in [-0.4, -0.2) is 6.54 Å². The first-order valence-electron chi connectivity index (χ1n) is 5.82. The third-order valence-electron chi connectivity index (χ3n) is 3.19. The van der Waals surface area contributed by atoms with Gasteiger partial charge in [-0.25, -0.2) is 0 Å². The molecule has 0 fully saturated rings. The zero-order valence-electron chi connectivity index (χ0n) is 10.5. The van der Waals surface area contributed by atoms with Crippen LogP contribution in [0.4, 0.5) is 0 Å². The maximum atomic E-state index is 5.70. The summed E-state index contributed by atoms with van der Waals surface area (Å²) in [6.45, 7) is 10.4. The van der Waals surface area contributed by atoms with Gasteiger partial charge in [0.05, 0.1) is 6.26 Å². The van der Waals surface area contributed by atoms with Crippen molar-refractivity contribution in [2.75, 3.05) is 6.54 Å². The van der Waals surface area contributed by atoms with Crippen LogP contribution in [0.5, 0.6) is 0 Å². The van der Waals surface area contributed by atoms with E-state index in [4.69, 9.17) is 4.42 Å². The lowest BCUT2D eigenvalue weighted by Crippen LogP contribution is -2.11. The Morgan fingerprint density at radius 1 is 1.19 bits per heavy atom. The van der Waals surface area contributed by atoms with Crippen LogP contribution in [0, 0.1) is 20.8 Å². The Morgan fingerprint density at radius 2 is 1.94 bits per heavy atom. The van der Waals surface area contributed by atoms with E-state index in [2.05, 4.69) is 39.1 Å². The fourth-order valence-electron chi connectivity index (χ4n) is 2.18. The Hall–Kier alpha value is -1.28. The van der Waals surface area contributed by atoms with Crippen molar-refractivity contribution >= 4 is 11.0 Å². The van der Waals surface area contributed by atoms with Gasteiger partial charge in [0.1, 0.15) is 5.58 Å². The van der Waals surface area contributed by atoms with Gasteiger partial charge in [0, 0.05) is 17.5 Å². The van der Waals surface area contributed by atoms with Crippen molar-refractivity contribution in [1.82, 2.24) is 5.32 Å². The molecule has 0 aliphatic rings. The Balaban J connectivity index is 2.58. The van der Waals surface area contributed by atoms with Crippen molar-refractivity contribution < 1.29 is 4.42 Å². The summed E-state index contributed by atoms with van der Waals surface area (Å²) in [6.07, 6.45) is 1.88. The number of aryl methyl sites for hydroxylation is 3. The molecule has 0 unspecified atom stereocenters. The molecule has 2 heteroatoms. The summed E-state index contributed by atoms with van der Waals surface area (Å²) in [5.74, 6) is 0. The van der Waals surface area contributed by atoms with E-state index in [-0.39, 0.29) is 0 Å². The molecule has 2 rings (SSSR count). The fourth-order valence-corrected chi connectivity index (χ4v) is 2.18. The maximum absolute atomic E-state index is 5.70. The average Bonchev–Trinajstić information content (AvgIpc) is 2.67. The average molecular weight is 217 g/mol. The van der Waals surface area contributed by atoms with E-state index in [1.807, 2.05) is 6.26 Å². The molecule has 1 aromatic carbocycles. The van der Waals surface area contributed by atoms with E-state index >= 15 is 0 Å². The lowest BCUT2D eigenvalue weighted by atomic mass is 10.00. The minimum atomic E-state index is 0.882. The van der Waals surface area contributed by atoms with Gasteiger partial charge in [-0.1, -0.05) is 13.0 Å². The predicted molar refractivity (Wildman–Crippen MR) is 67.8 cm³/mol. The van der Waals surface area contributed by atoms with Crippen molar-refractivity contribution in [3.05, 3.63) is 34.6 Å². The van der Waals surface area contributed by atoms with Gasteiger partial charge in [-0.05, 0) is 44.0 Å². The molecular weight excluding hydrogens is 198 g/mol. The third-order valence-corrected chi connectivity index (χ3v) is 3.19. The number of fused-ring (bicyclic) bond motifs is 1. The number of hydrogen-bond donors (Lipinski definition) is 1. The van der Waals surface area contributed by atoms with E-state index in [9.17, 15) is 0 Å². The van der Waals surface area contributed by atoms with Gasteiger partial charge < -0.3 is 9.73 Å². The highest BCUT2D eigenvalue weighted by Crippen LogP contribution is 2.29. The lowest BCUT2D eigenvalue weighted by Gasteiger charge is -2.06. The minimum absolute atomic E-state index is 0.882. The van der Waals surface area contributed by atoms with Gasteiger partial charge in [0.2, 0.25) is 0 Å². The Morgan fingerprint density at radius 3 is 2.62 bits per heavy atom. The third kappa shape index (κ3) is 1.74. The molecular formula is C14H19NO. The molecule has 0 bridgehead atoms. The van der Waals surface area contributed by atoms with E-state index in [1.54, 1.807) is 0 Å². The van der Waals surface area contributed by atoms with Crippen molar-refractivity contribution in [2.45, 2.75) is 34.2 Å². The van der Waals surface area contributed by atoms with Crippen LogP contribution < -0.4 is 5.32 Å². The molecule has 1 aromatic heterocycles. The summed E-state index contributed by atoms with van der Waals surface area (Å²) in [4.78, 5) is 0. The van der Waals surface area contributed by atoms with Gasteiger partial charge in [-0.15, -0.1) is 0 Å². The number of rotatable bonds is 3. The van der Waals surface area contributed by atoms with Crippen LogP contribution in [-0.2, 0) is 6.54 Å². The van der Waals surface area contributed by atoms with E-state index in [1.165, 1.54) is 27.6 Å². The lowest BCUT2D eigenvalue weighted by molar-refractivity contribution is 0.602. The molecule has 0 saturated carbocycles. The van der Waals surface area contributed by atoms with Gasteiger partial charge in [-0.3, -0.25) is 0 Å². The first-order valence-corrected chi connectivity index (χ1v) is 5.82. The summed E-state index contributed by atoms with van der Waals surface area (Å²) in [6, 6.07) is 2.24. The molecule has 1 heterocycles. The predicted octanol–water partition coefficient (Wildman–Crippen LogP) is 3.47. The molecule has 0 radical (unpaired) electrons. The number of furan rings is 1. The highest BCUT2D eigenvalue weighted by atomic mass is 16.3. The molecule has 0 atom stereocenters. The molecule has 0 amide bonds. The first kappa shape index (κ1) is 11.2. The normalized spacial score (nSPS) is 11.2. The van der Waals surface area contributed by atoms with Crippen molar-refractivity contribution in [3.63, 3.8) is 0 Å². The number of nitrogens with one attached hydrogen (secondary N) is 1. The Labute approximate surface area is 96.6 Å². The van der Waals surface area contributed by atoms with Crippen LogP contribution >= 0.6 is 0 Å². The number of hydrogen-bond acceptors (Lipinski definition) is 2. The molecule has 2 nitrogen and oxygen atoms in total. The quantitative estimate of drug-likeness (QED) is 0.851. The zero-order valence-corrected chi connectivity index (χ0v) is 10.5. The molecule has 16 heavy (non-hydrogen) atoms. The molecule has 0 aliphatic carbocycles. The molecule has 86 valence electrons. The summed E-state index contributed by atoms with van der Waals surface area (Å²) in [5, 5.41) is 4.63. The highest BCUT2D eigenvalue weighted by molar-refractivity contribution is 5.87. The largest absolute Gasteiger partial charge is 0.464 e. The van der Waals surface area contributed by atoms with E-state index in [0.29, 0.717) is 0 Å². The molecule has 0 aliphatic heterocycles. The molecule has 2 aromatic rings. The monoisotopic (exact) mass is 217 g/mol. The first-order chi connectivity index (χ1) is 7.65.